The van der Waals surface area contributed by atoms with Gasteiger partial charge in [-0.1, -0.05) is 49.6 Å². The maximum absolute atomic E-state index is 13.3. The number of ether oxygens (including phenoxy) is 1. The van der Waals surface area contributed by atoms with Gasteiger partial charge < -0.3 is 9.84 Å². The summed E-state index contributed by atoms with van der Waals surface area (Å²) in [5.41, 5.74) is 2.06. The molecule has 0 amide bonds. The number of sulfonamides is 1. The van der Waals surface area contributed by atoms with Crippen molar-refractivity contribution in [3.05, 3.63) is 48.5 Å². The van der Waals surface area contributed by atoms with Gasteiger partial charge >= 0.3 is 5.97 Å². The van der Waals surface area contributed by atoms with Crippen LogP contribution in [0.25, 0.3) is 11.1 Å². The first-order valence-electron chi connectivity index (χ1n) is 12.3. The number of benzene rings is 2. The van der Waals surface area contributed by atoms with Crippen LogP contribution in [0.3, 0.4) is 0 Å². The Morgan fingerprint density at radius 3 is 2.40 bits per heavy atom. The van der Waals surface area contributed by atoms with Gasteiger partial charge in [0.2, 0.25) is 10.0 Å². The fourth-order valence-corrected chi connectivity index (χ4v) is 7.42. The zero-order valence-electron chi connectivity index (χ0n) is 20.0. The largest absolute Gasteiger partial charge is 0.480 e. The lowest BCUT2D eigenvalue weighted by molar-refractivity contribution is -0.137. The van der Waals surface area contributed by atoms with E-state index in [4.69, 9.17) is 4.74 Å². The summed E-state index contributed by atoms with van der Waals surface area (Å²) in [5.74, 6) is -1.17. The van der Waals surface area contributed by atoms with Crippen LogP contribution < -0.4 is 0 Å². The van der Waals surface area contributed by atoms with E-state index in [9.17, 15) is 18.3 Å². The molecule has 0 bridgehead atoms. The Hall–Kier alpha value is -1.91. The van der Waals surface area contributed by atoms with Crippen molar-refractivity contribution in [1.82, 2.24) is 9.21 Å². The van der Waals surface area contributed by atoms with Gasteiger partial charge in [-0.3, -0.25) is 9.69 Å². The van der Waals surface area contributed by atoms with E-state index in [2.05, 4.69) is 17.0 Å². The van der Waals surface area contributed by atoms with Crippen molar-refractivity contribution in [3.8, 4) is 11.1 Å². The standard InChI is InChI=1S/C26H34N2O5S2/c29-26(30)20-28(15-14-27-16-18-33-19-17-27)35(31,32)23-12-10-21(11-13-23)24-8-4-5-9-25(24)34-22-6-2-1-3-7-22/h4-5,8-13,22H,1-3,6-7,14-20H2,(H,29,30). The van der Waals surface area contributed by atoms with E-state index >= 15 is 0 Å². The van der Waals surface area contributed by atoms with E-state index in [1.807, 2.05) is 36.0 Å². The smallest absolute Gasteiger partial charge is 0.318 e. The third kappa shape index (κ3) is 7.07. The van der Waals surface area contributed by atoms with Crippen molar-refractivity contribution in [2.75, 3.05) is 45.9 Å². The molecule has 35 heavy (non-hydrogen) atoms. The SMILES string of the molecule is O=C(O)CN(CCN1CCOCC1)S(=O)(=O)c1ccc(-c2ccccc2SC2CCCCC2)cc1. The van der Waals surface area contributed by atoms with Gasteiger partial charge in [-0.25, -0.2) is 8.42 Å². The van der Waals surface area contributed by atoms with E-state index in [1.165, 1.54) is 37.0 Å². The monoisotopic (exact) mass is 518 g/mol. The number of carboxylic acids is 1. The Bertz CT molecular complexity index is 1080. The number of thioether (sulfide) groups is 1. The molecule has 1 aliphatic carbocycles. The summed E-state index contributed by atoms with van der Waals surface area (Å²) in [7, 11) is -3.94. The first-order chi connectivity index (χ1) is 16.9. The topological polar surface area (TPSA) is 87.2 Å². The van der Waals surface area contributed by atoms with Crippen molar-refractivity contribution in [2.24, 2.45) is 0 Å². The van der Waals surface area contributed by atoms with Gasteiger partial charge in [0.05, 0.1) is 18.1 Å². The van der Waals surface area contributed by atoms with E-state index in [-0.39, 0.29) is 11.4 Å². The highest BCUT2D eigenvalue weighted by atomic mass is 32.2. The molecule has 1 heterocycles. The van der Waals surface area contributed by atoms with E-state index in [0.717, 1.165) is 15.4 Å². The third-order valence-corrected chi connectivity index (χ3v) is 9.89. The first kappa shape index (κ1) is 26.2. The van der Waals surface area contributed by atoms with Gasteiger partial charge in [-0.05, 0) is 42.2 Å². The summed E-state index contributed by atoms with van der Waals surface area (Å²) in [6.45, 7) is 2.68. The Morgan fingerprint density at radius 1 is 1.03 bits per heavy atom. The van der Waals surface area contributed by atoms with Gasteiger partial charge in [-0.2, -0.15) is 4.31 Å². The molecule has 0 aromatic heterocycles. The van der Waals surface area contributed by atoms with Crippen LogP contribution in [-0.4, -0.2) is 79.9 Å². The molecule has 1 aliphatic heterocycles. The lowest BCUT2D eigenvalue weighted by Crippen LogP contribution is -2.44. The predicted octanol–water partition coefficient (Wildman–Crippen LogP) is 4.19. The fourth-order valence-electron chi connectivity index (χ4n) is 4.64. The molecule has 1 N–H and O–H groups in total. The lowest BCUT2D eigenvalue weighted by atomic mass is 10.0. The molecule has 190 valence electrons. The van der Waals surface area contributed by atoms with Crippen LogP contribution in [-0.2, 0) is 19.6 Å². The molecule has 0 unspecified atom stereocenters. The second-order valence-corrected chi connectivity index (χ2v) is 12.4. The molecule has 2 aliphatic rings. The van der Waals surface area contributed by atoms with Crippen LogP contribution in [0.15, 0.2) is 58.3 Å². The molecule has 7 nitrogen and oxygen atoms in total. The van der Waals surface area contributed by atoms with Crippen LogP contribution in [0.4, 0.5) is 0 Å². The number of hydrogen-bond acceptors (Lipinski definition) is 6. The minimum absolute atomic E-state index is 0.113. The van der Waals surface area contributed by atoms with Crippen LogP contribution in [0.2, 0.25) is 0 Å². The van der Waals surface area contributed by atoms with Crippen LogP contribution in [0, 0.1) is 0 Å². The summed E-state index contributed by atoms with van der Waals surface area (Å²) in [4.78, 5) is 14.9. The van der Waals surface area contributed by atoms with E-state index in [0.29, 0.717) is 38.1 Å². The summed E-state index contributed by atoms with van der Waals surface area (Å²) >= 11 is 1.92. The number of rotatable bonds is 10. The van der Waals surface area contributed by atoms with E-state index in [1.54, 1.807) is 12.1 Å². The molecule has 2 aromatic rings. The number of carboxylic acid groups (broad SMARTS) is 1. The van der Waals surface area contributed by atoms with Gasteiger partial charge in [0.1, 0.15) is 6.54 Å². The molecule has 0 atom stereocenters. The highest BCUT2D eigenvalue weighted by Crippen LogP contribution is 2.39. The summed E-state index contributed by atoms with van der Waals surface area (Å²) in [5, 5.41) is 9.97. The average molecular weight is 519 g/mol. The number of carbonyl (C=O) groups is 1. The number of hydrogen-bond donors (Lipinski definition) is 1. The highest BCUT2D eigenvalue weighted by molar-refractivity contribution is 8.00. The van der Waals surface area contributed by atoms with Crippen molar-refractivity contribution in [3.63, 3.8) is 0 Å². The highest BCUT2D eigenvalue weighted by Gasteiger charge is 2.27. The first-order valence-corrected chi connectivity index (χ1v) is 14.6. The molecule has 2 aromatic carbocycles. The zero-order valence-corrected chi connectivity index (χ0v) is 21.6. The fraction of sp³-hybridized carbons (Fsp3) is 0.500. The Labute approximate surface area is 212 Å². The third-order valence-electron chi connectivity index (χ3n) is 6.62. The molecule has 0 radical (unpaired) electrons. The number of aliphatic carboxylic acids is 1. The zero-order chi connectivity index (χ0) is 24.7. The van der Waals surface area contributed by atoms with Gasteiger partial charge in [0.15, 0.2) is 0 Å². The Balaban J connectivity index is 1.50. The summed E-state index contributed by atoms with van der Waals surface area (Å²) in [6, 6.07) is 15.1. The quantitative estimate of drug-likeness (QED) is 0.505. The second-order valence-electron chi connectivity index (χ2n) is 9.08. The number of morpholine rings is 1. The molecule has 1 saturated carbocycles. The van der Waals surface area contributed by atoms with Gasteiger partial charge in [-0.15, -0.1) is 11.8 Å². The van der Waals surface area contributed by atoms with E-state index < -0.39 is 22.5 Å². The Kier molecular flexibility index (Phi) is 9.24. The molecular formula is C26H34N2O5S2. The maximum atomic E-state index is 13.3. The Morgan fingerprint density at radius 2 is 1.71 bits per heavy atom. The lowest BCUT2D eigenvalue weighted by Gasteiger charge is -2.29. The molecule has 2 fully saturated rings. The minimum Gasteiger partial charge on any atom is -0.480 e. The normalized spacial score (nSPS) is 18.1. The summed E-state index contributed by atoms with van der Waals surface area (Å²) < 4.78 is 33.1. The summed E-state index contributed by atoms with van der Waals surface area (Å²) in [6.07, 6.45) is 6.36. The van der Waals surface area contributed by atoms with Crippen LogP contribution in [0.1, 0.15) is 32.1 Å². The maximum Gasteiger partial charge on any atom is 0.318 e. The molecular weight excluding hydrogens is 484 g/mol. The van der Waals surface area contributed by atoms with Gasteiger partial charge in [0.25, 0.3) is 0 Å². The second kappa shape index (κ2) is 12.4. The molecule has 1 saturated heterocycles. The van der Waals surface area contributed by atoms with Crippen molar-refractivity contribution >= 4 is 27.8 Å². The average Bonchev–Trinajstić information content (AvgIpc) is 2.88. The molecule has 9 heteroatoms. The van der Waals surface area contributed by atoms with Crippen molar-refractivity contribution in [1.29, 1.82) is 0 Å². The van der Waals surface area contributed by atoms with Crippen molar-refractivity contribution in [2.45, 2.75) is 47.1 Å². The molecule has 0 spiro atoms. The van der Waals surface area contributed by atoms with Crippen LogP contribution in [0.5, 0.6) is 0 Å². The number of nitrogens with zero attached hydrogens (tertiary/aromatic N) is 2. The van der Waals surface area contributed by atoms with Crippen molar-refractivity contribution < 1.29 is 23.1 Å². The molecule has 4 rings (SSSR count). The minimum atomic E-state index is -3.94. The predicted molar refractivity (Wildman–Crippen MR) is 138 cm³/mol. The van der Waals surface area contributed by atoms with Gasteiger partial charge in [0, 0.05) is 36.3 Å². The van der Waals surface area contributed by atoms with Crippen LogP contribution >= 0.6 is 11.8 Å².